The number of benzene rings is 1. The summed E-state index contributed by atoms with van der Waals surface area (Å²) in [6.07, 6.45) is 5.05. The van der Waals surface area contributed by atoms with E-state index in [0.717, 1.165) is 27.6 Å². The molecule has 5 nitrogen and oxygen atoms in total. The van der Waals surface area contributed by atoms with E-state index in [1.165, 1.54) is 0 Å². The van der Waals surface area contributed by atoms with Crippen LogP contribution in [0.15, 0.2) is 60.0 Å². The van der Waals surface area contributed by atoms with Crippen molar-refractivity contribution in [3.05, 3.63) is 77.4 Å². The van der Waals surface area contributed by atoms with Gasteiger partial charge in [0.2, 0.25) is 0 Å². The van der Waals surface area contributed by atoms with Gasteiger partial charge >= 0.3 is 0 Å². The van der Waals surface area contributed by atoms with Crippen molar-refractivity contribution in [1.82, 2.24) is 15.0 Å². The number of aromatic nitrogens is 3. The molecular formula is C19H18N4OS. The SMILES string of the molecule is Cc1cc(C)nc(NC(=O)c2cccc(CSc3cnccn3)c2)c1. The third kappa shape index (κ3) is 4.87. The normalized spacial score (nSPS) is 10.5. The van der Waals surface area contributed by atoms with Crippen LogP contribution >= 0.6 is 11.8 Å². The van der Waals surface area contributed by atoms with Gasteiger partial charge in [-0.1, -0.05) is 12.1 Å². The summed E-state index contributed by atoms with van der Waals surface area (Å²) in [6, 6.07) is 11.4. The first-order chi connectivity index (χ1) is 12.1. The van der Waals surface area contributed by atoms with Crippen LogP contribution in [0.2, 0.25) is 0 Å². The number of carbonyl (C=O) groups is 1. The minimum Gasteiger partial charge on any atom is -0.307 e. The minimum absolute atomic E-state index is 0.163. The quantitative estimate of drug-likeness (QED) is 0.704. The molecule has 1 amide bonds. The Morgan fingerprint density at radius 1 is 1.16 bits per heavy atom. The first kappa shape index (κ1) is 17.1. The van der Waals surface area contributed by atoms with Crippen LogP contribution in [0.3, 0.4) is 0 Å². The molecule has 1 aromatic carbocycles. The van der Waals surface area contributed by atoms with Crippen molar-refractivity contribution in [2.75, 3.05) is 5.32 Å². The van der Waals surface area contributed by atoms with Gasteiger partial charge in [0.05, 0.1) is 6.20 Å². The van der Waals surface area contributed by atoms with E-state index in [1.807, 2.05) is 44.2 Å². The molecule has 0 saturated carbocycles. The van der Waals surface area contributed by atoms with Crippen LogP contribution < -0.4 is 5.32 Å². The Labute approximate surface area is 150 Å². The Hall–Kier alpha value is -2.73. The molecular weight excluding hydrogens is 332 g/mol. The van der Waals surface area contributed by atoms with E-state index in [4.69, 9.17) is 0 Å². The average Bonchev–Trinajstić information content (AvgIpc) is 2.60. The fourth-order valence-corrected chi connectivity index (χ4v) is 3.18. The number of nitrogens with one attached hydrogen (secondary N) is 1. The van der Waals surface area contributed by atoms with Gasteiger partial charge in [0.25, 0.3) is 5.91 Å². The molecule has 0 fully saturated rings. The van der Waals surface area contributed by atoms with Gasteiger partial charge in [0, 0.05) is 29.4 Å². The number of rotatable bonds is 5. The van der Waals surface area contributed by atoms with Gasteiger partial charge in [-0.3, -0.25) is 9.78 Å². The number of amides is 1. The first-order valence-electron chi connectivity index (χ1n) is 7.84. The summed E-state index contributed by atoms with van der Waals surface area (Å²) >= 11 is 1.58. The van der Waals surface area contributed by atoms with Gasteiger partial charge in [0.15, 0.2) is 0 Å². The number of hydrogen-bond donors (Lipinski definition) is 1. The molecule has 0 aliphatic heterocycles. The largest absolute Gasteiger partial charge is 0.307 e. The summed E-state index contributed by atoms with van der Waals surface area (Å²) in [7, 11) is 0. The summed E-state index contributed by atoms with van der Waals surface area (Å²) in [6.45, 7) is 3.89. The minimum atomic E-state index is -0.163. The fraction of sp³-hybridized carbons (Fsp3) is 0.158. The number of nitrogens with zero attached hydrogens (tertiary/aromatic N) is 3. The molecule has 0 spiro atoms. The maximum atomic E-state index is 12.5. The van der Waals surface area contributed by atoms with Crippen molar-refractivity contribution in [3.63, 3.8) is 0 Å². The van der Waals surface area contributed by atoms with E-state index >= 15 is 0 Å². The lowest BCUT2D eigenvalue weighted by molar-refractivity contribution is 0.102. The molecule has 0 atom stereocenters. The van der Waals surface area contributed by atoms with Gasteiger partial charge < -0.3 is 5.32 Å². The van der Waals surface area contributed by atoms with Crippen LogP contribution in [0.4, 0.5) is 5.82 Å². The van der Waals surface area contributed by atoms with Crippen LogP contribution in [0, 0.1) is 13.8 Å². The van der Waals surface area contributed by atoms with Crippen LogP contribution in [-0.4, -0.2) is 20.9 Å². The first-order valence-corrected chi connectivity index (χ1v) is 8.83. The number of pyridine rings is 1. The third-order valence-corrected chi connectivity index (χ3v) is 4.44. The molecule has 0 aliphatic carbocycles. The van der Waals surface area contributed by atoms with Crippen molar-refractivity contribution in [1.29, 1.82) is 0 Å². The molecule has 2 heterocycles. The lowest BCUT2D eigenvalue weighted by atomic mass is 10.1. The monoisotopic (exact) mass is 350 g/mol. The van der Waals surface area contributed by atoms with Crippen LogP contribution in [-0.2, 0) is 5.75 Å². The lowest BCUT2D eigenvalue weighted by Gasteiger charge is -2.08. The highest BCUT2D eigenvalue weighted by molar-refractivity contribution is 7.98. The van der Waals surface area contributed by atoms with E-state index in [1.54, 1.807) is 36.4 Å². The Morgan fingerprint density at radius 2 is 2.04 bits per heavy atom. The maximum Gasteiger partial charge on any atom is 0.256 e. The van der Waals surface area contributed by atoms with E-state index in [0.29, 0.717) is 11.4 Å². The van der Waals surface area contributed by atoms with E-state index in [9.17, 15) is 4.79 Å². The topological polar surface area (TPSA) is 67.8 Å². The molecule has 3 rings (SSSR count). The van der Waals surface area contributed by atoms with E-state index in [2.05, 4.69) is 20.3 Å². The third-order valence-electron chi connectivity index (χ3n) is 3.45. The second-order valence-corrected chi connectivity index (χ2v) is 6.65. The zero-order chi connectivity index (χ0) is 17.6. The predicted octanol–water partition coefficient (Wildman–Crippen LogP) is 4.03. The Balaban J connectivity index is 1.68. The smallest absolute Gasteiger partial charge is 0.256 e. The lowest BCUT2D eigenvalue weighted by Crippen LogP contribution is -2.13. The highest BCUT2D eigenvalue weighted by Gasteiger charge is 2.09. The predicted molar refractivity (Wildman–Crippen MR) is 99.7 cm³/mol. The molecule has 126 valence electrons. The highest BCUT2D eigenvalue weighted by atomic mass is 32.2. The van der Waals surface area contributed by atoms with Crippen molar-refractivity contribution >= 4 is 23.5 Å². The molecule has 0 bridgehead atoms. The second kappa shape index (κ2) is 7.90. The average molecular weight is 350 g/mol. The van der Waals surface area contributed by atoms with Crippen molar-refractivity contribution < 1.29 is 4.79 Å². The second-order valence-electron chi connectivity index (χ2n) is 5.66. The molecule has 1 N–H and O–H groups in total. The van der Waals surface area contributed by atoms with Crippen molar-refractivity contribution in [2.45, 2.75) is 24.6 Å². The zero-order valence-corrected chi connectivity index (χ0v) is 14.9. The molecule has 0 unspecified atom stereocenters. The summed E-state index contributed by atoms with van der Waals surface area (Å²) in [4.78, 5) is 25.1. The van der Waals surface area contributed by atoms with E-state index in [-0.39, 0.29) is 5.91 Å². The summed E-state index contributed by atoms with van der Waals surface area (Å²) < 4.78 is 0. The maximum absolute atomic E-state index is 12.5. The number of aryl methyl sites for hydroxylation is 2. The van der Waals surface area contributed by atoms with Gasteiger partial charge in [0.1, 0.15) is 10.8 Å². The van der Waals surface area contributed by atoms with Gasteiger partial charge in [-0.25, -0.2) is 9.97 Å². The standard InChI is InChI=1S/C19H18N4OS/c1-13-8-14(2)22-17(9-13)23-19(24)16-5-3-4-15(10-16)12-25-18-11-20-6-7-21-18/h3-11H,12H2,1-2H3,(H,22,23,24). The Kier molecular flexibility index (Phi) is 5.40. The number of hydrogen-bond acceptors (Lipinski definition) is 5. The zero-order valence-electron chi connectivity index (χ0n) is 14.1. The van der Waals surface area contributed by atoms with Gasteiger partial charge in [-0.2, -0.15) is 0 Å². The number of carbonyl (C=O) groups excluding carboxylic acids is 1. The fourth-order valence-electron chi connectivity index (χ4n) is 2.41. The molecule has 2 aromatic heterocycles. The van der Waals surface area contributed by atoms with Gasteiger partial charge in [-0.15, -0.1) is 11.8 Å². The summed E-state index contributed by atoms with van der Waals surface area (Å²) in [5.74, 6) is 1.13. The Morgan fingerprint density at radius 3 is 2.80 bits per heavy atom. The molecule has 6 heteroatoms. The molecule has 25 heavy (non-hydrogen) atoms. The Bertz CT molecular complexity index is 863. The van der Waals surface area contributed by atoms with Crippen LogP contribution in [0.5, 0.6) is 0 Å². The molecule has 0 radical (unpaired) electrons. The molecule has 0 aliphatic rings. The van der Waals surface area contributed by atoms with Crippen LogP contribution in [0.25, 0.3) is 0 Å². The van der Waals surface area contributed by atoms with Gasteiger partial charge in [-0.05, 0) is 49.2 Å². The van der Waals surface area contributed by atoms with Crippen molar-refractivity contribution in [3.8, 4) is 0 Å². The van der Waals surface area contributed by atoms with Crippen molar-refractivity contribution in [2.24, 2.45) is 0 Å². The summed E-state index contributed by atoms with van der Waals surface area (Å²) in [5, 5.41) is 3.72. The summed E-state index contributed by atoms with van der Waals surface area (Å²) in [5.41, 5.74) is 3.61. The molecule has 3 aromatic rings. The van der Waals surface area contributed by atoms with Crippen LogP contribution in [0.1, 0.15) is 27.2 Å². The number of thioether (sulfide) groups is 1. The highest BCUT2D eigenvalue weighted by Crippen LogP contribution is 2.20. The van der Waals surface area contributed by atoms with E-state index < -0.39 is 0 Å². The molecule has 0 saturated heterocycles. The number of anilines is 1.